The Morgan fingerprint density at radius 1 is 0.625 bits per heavy atom. The van der Waals surface area contributed by atoms with E-state index < -0.39 is 37.1 Å². The first-order chi connectivity index (χ1) is 38.0. The van der Waals surface area contributed by atoms with E-state index in [4.69, 9.17) is 25.1 Å². The standard InChI is InChI=1S/C65H46N4O2.Pt/c1-42-35-62(66-40-55(42)44-21-9-6-10-22-44)69-57-29-13-11-25-50(57)51-34-33-48(39-60(51)69)70-47-24-17-23-46(38-47)67-41-68(59-31-15-14-30-58(59)67)63-49(27-18-28-56(63)65(2,3)4)45-36-53(43-19-7-5-8-20-43)64-54(37-45)52-26-12-16-32-61(52)71-64;/h5-37,40H,1-4H3;/q-2;/i1D3,6D,9D,10D,21D,22D;. The van der Waals surface area contributed by atoms with Crippen LogP contribution in [-0.4, -0.2) is 14.1 Å². The van der Waals surface area contributed by atoms with Crippen LogP contribution in [0.1, 0.15) is 42.9 Å². The van der Waals surface area contributed by atoms with Crippen molar-refractivity contribution in [3.05, 3.63) is 236 Å². The summed E-state index contributed by atoms with van der Waals surface area (Å²) in [5, 5.41) is 3.73. The molecular formula is C65H46N4O2Pt-2. The van der Waals surface area contributed by atoms with E-state index in [1.807, 2.05) is 95.6 Å². The molecule has 0 radical (unpaired) electrons. The fourth-order valence-corrected chi connectivity index (χ4v) is 9.91. The molecule has 0 N–H and O–H groups in total. The van der Waals surface area contributed by atoms with E-state index >= 15 is 0 Å². The number of hydrogen-bond donors (Lipinski definition) is 0. The van der Waals surface area contributed by atoms with E-state index in [9.17, 15) is 0 Å². The van der Waals surface area contributed by atoms with Crippen molar-refractivity contribution in [3.63, 3.8) is 0 Å². The monoisotopic (exact) mass is 1120 g/mol. The molecule has 0 amide bonds. The summed E-state index contributed by atoms with van der Waals surface area (Å²) in [4.78, 5) is 4.72. The fourth-order valence-electron chi connectivity index (χ4n) is 9.91. The van der Waals surface area contributed by atoms with Crippen molar-refractivity contribution in [2.45, 2.75) is 33.0 Å². The van der Waals surface area contributed by atoms with Crippen LogP contribution in [0.3, 0.4) is 0 Å². The predicted octanol–water partition coefficient (Wildman–Crippen LogP) is 16.1. The van der Waals surface area contributed by atoms with Gasteiger partial charge in [-0.2, -0.15) is 18.2 Å². The van der Waals surface area contributed by atoms with Crippen molar-refractivity contribution >= 4 is 54.8 Å². The van der Waals surface area contributed by atoms with Crippen molar-refractivity contribution in [1.29, 1.82) is 0 Å². The van der Waals surface area contributed by atoms with Gasteiger partial charge in [-0.3, -0.25) is 4.57 Å². The maximum absolute atomic E-state index is 8.65. The van der Waals surface area contributed by atoms with Gasteiger partial charge in [-0.1, -0.05) is 166 Å². The number of aryl methyl sites for hydroxylation is 1. The number of nitrogens with zero attached hydrogens (tertiary/aromatic N) is 4. The molecule has 4 heterocycles. The van der Waals surface area contributed by atoms with Crippen LogP contribution in [0.5, 0.6) is 11.5 Å². The molecule has 0 atom stereocenters. The largest absolute Gasteiger partial charge is 0.510 e. The normalized spacial score (nSPS) is 13.5. The van der Waals surface area contributed by atoms with Crippen LogP contribution < -0.4 is 9.30 Å². The molecule has 9 aromatic carbocycles. The second kappa shape index (κ2) is 17.8. The van der Waals surface area contributed by atoms with Crippen LogP contribution in [0.2, 0.25) is 0 Å². The average molecular weight is 1120 g/mol. The summed E-state index contributed by atoms with van der Waals surface area (Å²) in [5.74, 6) is 0.986. The van der Waals surface area contributed by atoms with E-state index in [0.29, 0.717) is 28.2 Å². The quantitative estimate of drug-likeness (QED) is 0.113. The Labute approximate surface area is 443 Å². The van der Waals surface area contributed by atoms with Crippen molar-refractivity contribution < 1.29 is 45.8 Å². The molecule has 0 aliphatic rings. The molecule has 0 fully saturated rings. The summed E-state index contributed by atoms with van der Waals surface area (Å²) in [7, 11) is 0. The number of fused-ring (bicyclic) bond motifs is 7. The van der Waals surface area contributed by atoms with Gasteiger partial charge in [0.25, 0.3) is 6.33 Å². The van der Waals surface area contributed by atoms with Crippen LogP contribution in [0, 0.1) is 25.3 Å². The molecule has 4 aromatic heterocycles. The molecular weight excluding hydrogens is 1060 g/mol. The van der Waals surface area contributed by atoms with E-state index in [-0.39, 0.29) is 49.0 Å². The third-order valence-electron chi connectivity index (χ3n) is 13.2. The van der Waals surface area contributed by atoms with Crippen LogP contribution >= 0.6 is 0 Å². The first-order valence-electron chi connectivity index (χ1n) is 27.4. The van der Waals surface area contributed by atoms with E-state index in [2.05, 4.69) is 117 Å². The molecule has 0 aliphatic heterocycles. The number of hydrogen-bond acceptors (Lipinski definition) is 3. The van der Waals surface area contributed by atoms with Gasteiger partial charge in [-0.25, -0.2) is 4.98 Å². The zero-order chi connectivity index (χ0) is 54.6. The fraction of sp³-hybridized carbons (Fsp3) is 0.0769. The zero-order valence-electron chi connectivity index (χ0n) is 47.2. The van der Waals surface area contributed by atoms with Gasteiger partial charge in [0.15, 0.2) is 0 Å². The maximum Gasteiger partial charge on any atom is 0.268 e. The van der Waals surface area contributed by atoms with Crippen LogP contribution in [0.4, 0.5) is 0 Å². The van der Waals surface area contributed by atoms with Gasteiger partial charge in [-0.05, 0) is 87.1 Å². The van der Waals surface area contributed by atoms with Gasteiger partial charge in [0.05, 0.1) is 23.6 Å². The van der Waals surface area contributed by atoms with Crippen molar-refractivity contribution in [3.8, 4) is 62.1 Å². The van der Waals surface area contributed by atoms with Crippen LogP contribution in [-0.2, 0) is 26.5 Å². The Kier molecular flexibility index (Phi) is 9.06. The molecule has 7 heteroatoms. The number of benzene rings is 9. The van der Waals surface area contributed by atoms with Gasteiger partial charge in [0, 0.05) is 70.3 Å². The third-order valence-corrected chi connectivity index (χ3v) is 13.2. The first-order valence-corrected chi connectivity index (χ1v) is 23.4. The molecule has 0 bridgehead atoms. The third kappa shape index (κ3) is 7.62. The molecule has 0 unspecified atom stereocenters. The molecule has 350 valence electrons. The summed E-state index contributed by atoms with van der Waals surface area (Å²) < 4.78 is 86.9. The predicted molar refractivity (Wildman–Crippen MR) is 287 cm³/mol. The number of furan rings is 1. The summed E-state index contributed by atoms with van der Waals surface area (Å²) in [6.07, 6.45) is 5.04. The molecule has 0 saturated heterocycles. The number of aromatic nitrogens is 4. The Balaban J connectivity index is 0.00000637. The minimum Gasteiger partial charge on any atom is -0.510 e. The molecule has 0 spiro atoms. The molecule has 13 aromatic rings. The minimum absolute atomic E-state index is 0. The van der Waals surface area contributed by atoms with Gasteiger partial charge >= 0.3 is 0 Å². The number of pyridine rings is 1. The van der Waals surface area contributed by atoms with E-state index in [1.54, 1.807) is 4.57 Å². The van der Waals surface area contributed by atoms with E-state index in [1.165, 1.54) is 12.3 Å². The van der Waals surface area contributed by atoms with Gasteiger partial charge in [0.2, 0.25) is 0 Å². The van der Waals surface area contributed by atoms with Crippen molar-refractivity contribution in [1.82, 2.24) is 14.1 Å². The molecule has 13 rings (SSSR count). The molecule has 6 nitrogen and oxygen atoms in total. The molecule has 72 heavy (non-hydrogen) atoms. The van der Waals surface area contributed by atoms with E-state index in [0.717, 1.165) is 77.2 Å². The summed E-state index contributed by atoms with van der Waals surface area (Å²) >= 11 is 0. The second-order valence-electron chi connectivity index (χ2n) is 18.6. The first kappa shape index (κ1) is 36.6. The number of rotatable bonds is 8. The smallest absolute Gasteiger partial charge is 0.268 e. The van der Waals surface area contributed by atoms with Gasteiger partial charge in [0.1, 0.15) is 17.0 Å². The number of ether oxygens (including phenoxy) is 1. The zero-order valence-corrected chi connectivity index (χ0v) is 41.4. The Morgan fingerprint density at radius 3 is 2.21 bits per heavy atom. The Hall–Kier alpha value is -8.31. The Bertz CT molecular complexity index is 4610. The van der Waals surface area contributed by atoms with Gasteiger partial charge < -0.3 is 18.3 Å². The SMILES string of the molecule is [2H]c1c([2H])c([2H])c(-c2cnc(-n3c4[c-]c(Oc5[c-]c(-n6[c-][n+](-c7c(-c8cc(-c9ccccc9)c9oc%10ccccc%10c9c8)cccc7C(C)(C)C)c7ccccc76)ccc5)ccc4c4ccccc43)cc2C([2H])([2H])[2H])c([2H])c1[2H].[Pt]. The maximum atomic E-state index is 8.65. The summed E-state index contributed by atoms with van der Waals surface area (Å²) in [5.41, 5.74) is 10.8. The van der Waals surface area contributed by atoms with Crippen molar-refractivity contribution in [2.24, 2.45) is 0 Å². The molecule has 0 saturated carbocycles. The molecule has 0 aliphatic carbocycles. The number of para-hydroxylation sites is 5. The van der Waals surface area contributed by atoms with Crippen LogP contribution in [0.15, 0.2) is 211 Å². The summed E-state index contributed by atoms with van der Waals surface area (Å²) in [6, 6.07) is 60.5. The van der Waals surface area contributed by atoms with Crippen LogP contribution in [0.25, 0.3) is 105 Å². The topological polar surface area (TPSA) is 49.0 Å². The van der Waals surface area contributed by atoms with Crippen molar-refractivity contribution in [2.75, 3.05) is 0 Å². The average Bonchev–Trinajstić information content (AvgIpc) is 4.02. The van der Waals surface area contributed by atoms with Gasteiger partial charge in [-0.15, -0.1) is 29.7 Å². The minimum atomic E-state index is -2.76. The second-order valence-corrected chi connectivity index (χ2v) is 18.6. The number of imidazole rings is 1. The Morgan fingerprint density at radius 2 is 1.38 bits per heavy atom. The summed E-state index contributed by atoms with van der Waals surface area (Å²) in [6.45, 7) is 3.93.